The summed E-state index contributed by atoms with van der Waals surface area (Å²) >= 11 is 0. The Balaban J connectivity index is 1.61. The summed E-state index contributed by atoms with van der Waals surface area (Å²) in [4.78, 5) is 8.73. The minimum atomic E-state index is -0.131. The van der Waals surface area contributed by atoms with Crippen LogP contribution in [-0.2, 0) is 6.54 Å². The first-order valence-electron chi connectivity index (χ1n) is 7.35. The zero-order valence-corrected chi connectivity index (χ0v) is 12.3. The number of halogens is 1. The van der Waals surface area contributed by atoms with E-state index in [1.54, 1.807) is 6.07 Å². The summed E-state index contributed by atoms with van der Waals surface area (Å²) in [5, 5.41) is 0. The van der Waals surface area contributed by atoms with E-state index >= 15 is 0 Å². The molecule has 110 valence electrons. The summed E-state index contributed by atoms with van der Waals surface area (Å²) in [6, 6.07) is 9.06. The first-order chi connectivity index (χ1) is 10.2. The molecule has 3 nitrogen and oxygen atoms in total. The van der Waals surface area contributed by atoms with E-state index in [9.17, 15) is 4.39 Å². The van der Waals surface area contributed by atoms with E-state index in [0.717, 1.165) is 38.4 Å². The molecule has 0 aliphatic carbocycles. The van der Waals surface area contributed by atoms with Crippen LogP contribution in [0, 0.1) is 12.7 Å². The van der Waals surface area contributed by atoms with E-state index in [4.69, 9.17) is 0 Å². The van der Waals surface area contributed by atoms with Crippen LogP contribution in [0.1, 0.15) is 11.1 Å². The molecule has 1 fully saturated rings. The Kier molecular flexibility index (Phi) is 4.15. The highest BCUT2D eigenvalue weighted by atomic mass is 19.1. The number of aryl methyl sites for hydroxylation is 1. The maximum atomic E-state index is 13.8. The molecule has 0 saturated carbocycles. The molecular weight excluding hydrogens is 265 g/mol. The highest BCUT2D eigenvalue weighted by Gasteiger charge is 2.19. The van der Waals surface area contributed by atoms with Gasteiger partial charge in [0.2, 0.25) is 0 Å². The molecule has 0 amide bonds. The fourth-order valence-electron chi connectivity index (χ4n) is 2.76. The van der Waals surface area contributed by atoms with E-state index in [1.807, 2.05) is 30.6 Å². The fraction of sp³-hybridized carbons (Fsp3) is 0.353. The number of aromatic nitrogens is 1. The van der Waals surface area contributed by atoms with Crippen LogP contribution in [0.15, 0.2) is 42.7 Å². The predicted molar refractivity (Wildman–Crippen MR) is 82.9 cm³/mol. The number of para-hydroxylation sites is 1. The summed E-state index contributed by atoms with van der Waals surface area (Å²) < 4.78 is 13.8. The molecule has 1 saturated heterocycles. The lowest BCUT2D eigenvalue weighted by Crippen LogP contribution is -2.46. The third-order valence-corrected chi connectivity index (χ3v) is 4.11. The average molecular weight is 285 g/mol. The van der Waals surface area contributed by atoms with E-state index in [0.29, 0.717) is 0 Å². The largest absolute Gasteiger partial charge is 0.367 e. The first kappa shape index (κ1) is 14.0. The lowest BCUT2D eigenvalue weighted by Gasteiger charge is -2.36. The van der Waals surface area contributed by atoms with E-state index < -0.39 is 0 Å². The van der Waals surface area contributed by atoms with Crippen molar-refractivity contribution in [3.63, 3.8) is 0 Å². The Morgan fingerprint density at radius 3 is 2.57 bits per heavy atom. The quantitative estimate of drug-likeness (QED) is 0.864. The second-order valence-electron chi connectivity index (χ2n) is 5.52. The topological polar surface area (TPSA) is 19.4 Å². The van der Waals surface area contributed by atoms with Gasteiger partial charge in [0.05, 0.1) is 5.69 Å². The van der Waals surface area contributed by atoms with Crippen LogP contribution in [0.3, 0.4) is 0 Å². The van der Waals surface area contributed by atoms with Crippen LogP contribution in [0.4, 0.5) is 10.1 Å². The van der Waals surface area contributed by atoms with Gasteiger partial charge in [0, 0.05) is 45.1 Å². The van der Waals surface area contributed by atoms with Crippen molar-refractivity contribution in [2.45, 2.75) is 13.5 Å². The Bertz CT molecular complexity index is 606. The molecule has 0 bridgehead atoms. The minimum Gasteiger partial charge on any atom is -0.367 e. The number of benzene rings is 1. The minimum absolute atomic E-state index is 0.131. The number of piperazine rings is 1. The fourth-order valence-corrected chi connectivity index (χ4v) is 2.76. The Labute approximate surface area is 125 Å². The highest BCUT2D eigenvalue weighted by molar-refractivity contribution is 5.48. The van der Waals surface area contributed by atoms with Gasteiger partial charge in [0.25, 0.3) is 0 Å². The summed E-state index contributed by atoms with van der Waals surface area (Å²) in [5.41, 5.74) is 3.27. The van der Waals surface area contributed by atoms with Crippen molar-refractivity contribution in [2.24, 2.45) is 0 Å². The number of hydrogen-bond donors (Lipinski definition) is 0. The van der Waals surface area contributed by atoms with Gasteiger partial charge in [-0.05, 0) is 36.2 Å². The molecule has 3 rings (SSSR count). The Morgan fingerprint density at radius 2 is 1.86 bits per heavy atom. The molecule has 21 heavy (non-hydrogen) atoms. The van der Waals surface area contributed by atoms with Crippen LogP contribution in [0.25, 0.3) is 0 Å². The molecular formula is C17H20FN3. The molecule has 0 atom stereocenters. The molecule has 0 N–H and O–H groups in total. The molecule has 1 aromatic carbocycles. The van der Waals surface area contributed by atoms with Crippen molar-refractivity contribution in [1.82, 2.24) is 9.88 Å². The highest BCUT2D eigenvalue weighted by Crippen LogP contribution is 2.21. The zero-order valence-electron chi connectivity index (χ0n) is 12.3. The Hall–Kier alpha value is -1.94. The average Bonchev–Trinajstić information content (AvgIpc) is 2.51. The van der Waals surface area contributed by atoms with Crippen molar-refractivity contribution < 1.29 is 4.39 Å². The molecule has 0 spiro atoms. The molecule has 1 aromatic heterocycles. The smallest absolute Gasteiger partial charge is 0.146 e. The molecule has 2 heterocycles. The number of rotatable bonds is 3. The van der Waals surface area contributed by atoms with Crippen LogP contribution >= 0.6 is 0 Å². The van der Waals surface area contributed by atoms with E-state index in [1.165, 1.54) is 17.2 Å². The third kappa shape index (κ3) is 3.22. The zero-order chi connectivity index (χ0) is 14.7. The maximum absolute atomic E-state index is 13.8. The van der Waals surface area contributed by atoms with Gasteiger partial charge in [0.15, 0.2) is 0 Å². The lowest BCUT2D eigenvalue weighted by atomic mass is 10.1. The lowest BCUT2D eigenvalue weighted by molar-refractivity contribution is 0.248. The molecule has 2 aromatic rings. The van der Waals surface area contributed by atoms with Gasteiger partial charge >= 0.3 is 0 Å². The number of hydrogen-bond acceptors (Lipinski definition) is 3. The number of anilines is 1. The van der Waals surface area contributed by atoms with Crippen LogP contribution in [0.5, 0.6) is 0 Å². The van der Waals surface area contributed by atoms with Crippen molar-refractivity contribution in [3.8, 4) is 0 Å². The molecule has 0 radical (unpaired) electrons. The van der Waals surface area contributed by atoms with Gasteiger partial charge in [-0.15, -0.1) is 0 Å². The second kappa shape index (κ2) is 6.22. The summed E-state index contributed by atoms with van der Waals surface area (Å²) in [6.07, 6.45) is 3.77. The van der Waals surface area contributed by atoms with Crippen molar-refractivity contribution >= 4 is 5.69 Å². The summed E-state index contributed by atoms with van der Waals surface area (Å²) in [7, 11) is 0. The van der Waals surface area contributed by atoms with Gasteiger partial charge < -0.3 is 4.90 Å². The molecule has 1 aliphatic heterocycles. The SMILES string of the molecule is Cc1ccncc1CN1CCN(c2ccccc2F)CC1. The summed E-state index contributed by atoms with van der Waals surface area (Å²) in [5.74, 6) is -0.131. The van der Waals surface area contributed by atoms with Gasteiger partial charge in [-0.2, -0.15) is 0 Å². The Morgan fingerprint density at radius 1 is 1.10 bits per heavy atom. The molecule has 4 heteroatoms. The van der Waals surface area contributed by atoms with Crippen LogP contribution in [0.2, 0.25) is 0 Å². The van der Waals surface area contributed by atoms with Gasteiger partial charge in [-0.3, -0.25) is 9.88 Å². The maximum Gasteiger partial charge on any atom is 0.146 e. The monoisotopic (exact) mass is 285 g/mol. The standard InChI is InChI=1S/C17H20FN3/c1-14-6-7-19-12-15(14)13-20-8-10-21(11-9-20)17-5-3-2-4-16(17)18/h2-7,12H,8-11,13H2,1H3. The van der Waals surface area contributed by atoms with E-state index in [-0.39, 0.29) is 5.82 Å². The van der Waals surface area contributed by atoms with E-state index in [2.05, 4.69) is 21.7 Å². The summed E-state index contributed by atoms with van der Waals surface area (Å²) in [6.45, 7) is 6.66. The first-order valence-corrected chi connectivity index (χ1v) is 7.35. The third-order valence-electron chi connectivity index (χ3n) is 4.11. The number of nitrogens with zero attached hydrogens (tertiary/aromatic N) is 3. The normalized spacial score (nSPS) is 16.2. The van der Waals surface area contributed by atoms with Crippen molar-refractivity contribution in [1.29, 1.82) is 0 Å². The predicted octanol–water partition coefficient (Wildman–Crippen LogP) is 2.85. The van der Waals surface area contributed by atoms with Gasteiger partial charge in [0.1, 0.15) is 5.82 Å². The van der Waals surface area contributed by atoms with Crippen LogP contribution < -0.4 is 4.90 Å². The van der Waals surface area contributed by atoms with Gasteiger partial charge in [-0.1, -0.05) is 12.1 Å². The molecule has 0 unspecified atom stereocenters. The van der Waals surface area contributed by atoms with Crippen molar-refractivity contribution in [3.05, 3.63) is 59.7 Å². The second-order valence-corrected chi connectivity index (χ2v) is 5.52. The van der Waals surface area contributed by atoms with Gasteiger partial charge in [-0.25, -0.2) is 4.39 Å². The van der Waals surface area contributed by atoms with Crippen molar-refractivity contribution in [2.75, 3.05) is 31.1 Å². The van der Waals surface area contributed by atoms with Crippen LogP contribution in [-0.4, -0.2) is 36.1 Å². The molecule has 1 aliphatic rings. The number of pyridine rings is 1.